The number of nitrogens with one attached hydrogen (secondary N) is 2. The highest BCUT2D eigenvalue weighted by atomic mass is 32.2. The lowest BCUT2D eigenvalue weighted by atomic mass is 9.91. The standard InChI is InChI=1S/C34H34F3N3O7S/c35-34(36,37)26-11-5-4-10-24(26)21-48(44,45)29(20-39-31(42)23-15-18-46-19-16-23)32(43)38-17-14-25(22-8-2-1-3-9-22)30(41)33-40-27-12-6-7-13-28(27)47-33/h1-13,23,25,29H,14-21H2,(H,38,43)(H,39,42). The molecule has 1 aromatic heterocycles. The van der Waals surface area contributed by atoms with Gasteiger partial charge < -0.3 is 19.8 Å². The Balaban J connectivity index is 1.35. The monoisotopic (exact) mass is 685 g/mol. The molecule has 1 saturated heterocycles. The van der Waals surface area contributed by atoms with Crippen LogP contribution >= 0.6 is 0 Å². The molecular weight excluding hydrogens is 651 g/mol. The van der Waals surface area contributed by atoms with E-state index in [1.165, 1.54) is 6.07 Å². The Morgan fingerprint density at radius 2 is 1.56 bits per heavy atom. The largest absolute Gasteiger partial charge is 0.434 e. The topological polar surface area (TPSA) is 145 Å². The number of hydrogen-bond donors (Lipinski definition) is 2. The minimum Gasteiger partial charge on any atom is -0.434 e. The molecule has 1 fully saturated rings. The highest BCUT2D eigenvalue weighted by molar-refractivity contribution is 7.92. The summed E-state index contributed by atoms with van der Waals surface area (Å²) in [5.41, 5.74) is -0.141. The van der Waals surface area contributed by atoms with Crippen molar-refractivity contribution in [2.24, 2.45) is 5.92 Å². The molecule has 14 heteroatoms. The number of nitrogens with zero attached hydrogens (tertiary/aromatic N) is 1. The number of oxazole rings is 1. The van der Waals surface area contributed by atoms with Gasteiger partial charge in [-0.1, -0.05) is 60.7 Å². The van der Waals surface area contributed by atoms with E-state index < -0.39 is 74.1 Å². The molecule has 0 bridgehead atoms. The molecule has 4 aromatic rings. The molecule has 2 N–H and O–H groups in total. The lowest BCUT2D eigenvalue weighted by Crippen LogP contribution is -2.49. The molecule has 48 heavy (non-hydrogen) atoms. The van der Waals surface area contributed by atoms with Crippen molar-refractivity contribution in [3.05, 3.63) is 101 Å². The zero-order chi connectivity index (χ0) is 34.3. The molecule has 1 aliphatic heterocycles. The van der Waals surface area contributed by atoms with Crippen LogP contribution in [0.1, 0.15) is 52.6 Å². The first-order valence-corrected chi connectivity index (χ1v) is 17.1. The number of fused-ring (bicyclic) bond motifs is 1. The van der Waals surface area contributed by atoms with Gasteiger partial charge in [0.25, 0.3) is 5.89 Å². The minimum absolute atomic E-state index is 0.0193. The van der Waals surface area contributed by atoms with E-state index in [2.05, 4.69) is 15.6 Å². The summed E-state index contributed by atoms with van der Waals surface area (Å²) in [7, 11) is -4.60. The van der Waals surface area contributed by atoms with Gasteiger partial charge in [0.1, 0.15) is 5.52 Å². The van der Waals surface area contributed by atoms with Crippen LogP contribution in [-0.2, 0) is 36.1 Å². The Kier molecular flexibility index (Phi) is 10.9. The van der Waals surface area contributed by atoms with E-state index in [0.717, 1.165) is 18.2 Å². The molecule has 0 radical (unpaired) electrons. The number of amides is 2. The van der Waals surface area contributed by atoms with Gasteiger partial charge in [-0.2, -0.15) is 13.2 Å². The molecule has 2 unspecified atom stereocenters. The van der Waals surface area contributed by atoms with Crippen LogP contribution in [0.15, 0.2) is 83.3 Å². The first-order chi connectivity index (χ1) is 22.9. The number of hydrogen-bond acceptors (Lipinski definition) is 8. The van der Waals surface area contributed by atoms with Crippen molar-refractivity contribution < 1.29 is 45.1 Å². The number of para-hydroxylation sites is 2. The van der Waals surface area contributed by atoms with Gasteiger partial charge in [0.15, 0.2) is 20.7 Å². The maximum atomic E-state index is 13.7. The summed E-state index contributed by atoms with van der Waals surface area (Å²) in [4.78, 5) is 44.3. The highest BCUT2D eigenvalue weighted by Crippen LogP contribution is 2.33. The molecule has 0 spiro atoms. The molecule has 10 nitrogen and oxygen atoms in total. The number of ketones is 1. The van der Waals surface area contributed by atoms with E-state index in [0.29, 0.717) is 42.7 Å². The summed E-state index contributed by atoms with van der Waals surface area (Å²) in [5.74, 6) is -4.46. The normalized spacial score (nSPS) is 15.5. The minimum atomic E-state index is -4.82. The van der Waals surface area contributed by atoms with Gasteiger partial charge in [0.05, 0.1) is 17.2 Å². The molecular formula is C34H34F3N3O7S. The van der Waals surface area contributed by atoms with E-state index >= 15 is 0 Å². The van der Waals surface area contributed by atoms with Crippen LogP contribution in [0.3, 0.4) is 0 Å². The van der Waals surface area contributed by atoms with Crippen molar-refractivity contribution in [2.45, 2.75) is 42.4 Å². The number of carbonyl (C=O) groups is 3. The van der Waals surface area contributed by atoms with Crippen molar-refractivity contribution in [2.75, 3.05) is 26.3 Å². The Bertz CT molecular complexity index is 1820. The number of aromatic nitrogens is 1. The molecule has 2 heterocycles. The summed E-state index contributed by atoms with van der Waals surface area (Å²) in [6.07, 6.45) is -3.99. The molecule has 0 saturated carbocycles. The van der Waals surface area contributed by atoms with E-state index in [4.69, 9.17) is 9.15 Å². The number of Topliss-reactive ketones (excluding diaryl/α,β-unsaturated/α-hetero) is 1. The fraction of sp³-hybridized carbons (Fsp3) is 0.353. The molecule has 0 aliphatic carbocycles. The van der Waals surface area contributed by atoms with Crippen LogP contribution in [0, 0.1) is 5.92 Å². The quantitative estimate of drug-likeness (QED) is 0.190. The van der Waals surface area contributed by atoms with Gasteiger partial charge in [0, 0.05) is 32.2 Å². The van der Waals surface area contributed by atoms with E-state index in [9.17, 15) is 36.0 Å². The number of halogens is 3. The maximum absolute atomic E-state index is 13.7. The van der Waals surface area contributed by atoms with E-state index in [1.54, 1.807) is 54.6 Å². The number of carbonyl (C=O) groups excluding carboxylic acids is 3. The van der Waals surface area contributed by atoms with Crippen molar-refractivity contribution in [3.63, 3.8) is 0 Å². The van der Waals surface area contributed by atoms with Gasteiger partial charge in [0.2, 0.25) is 17.6 Å². The van der Waals surface area contributed by atoms with Gasteiger partial charge in [-0.05, 0) is 48.6 Å². The number of ether oxygens (including phenoxy) is 1. The second kappa shape index (κ2) is 15.1. The lowest BCUT2D eigenvalue weighted by Gasteiger charge is -2.24. The third-order valence-electron chi connectivity index (χ3n) is 8.21. The van der Waals surface area contributed by atoms with Gasteiger partial charge in [-0.15, -0.1) is 0 Å². The zero-order valence-corrected chi connectivity index (χ0v) is 26.6. The second-order valence-electron chi connectivity index (χ2n) is 11.5. The Hall–Kier alpha value is -4.56. The lowest BCUT2D eigenvalue weighted by molar-refractivity contribution is -0.138. The third kappa shape index (κ3) is 8.47. The molecule has 2 atom stereocenters. The molecule has 3 aromatic carbocycles. The summed E-state index contributed by atoms with van der Waals surface area (Å²) in [6, 6.07) is 19.8. The van der Waals surface area contributed by atoms with Crippen LogP contribution < -0.4 is 10.6 Å². The second-order valence-corrected chi connectivity index (χ2v) is 13.7. The van der Waals surface area contributed by atoms with E-state index in [1.807, 2.05) is 0 Å². The molecule has 2 amide bonds. The van der Waals surface area contributed by atoms with Gasteiger partial charge in [-0.25, -0.2) is 13.4 Å². The van der Waals surface area contributed by atoms with Crippen LogP contribution in [0.4, 0.5) is 13.2 Å². The average Bonchev–Trinajstić information content (AvgIpc) is 3.51. The van der Waals surface area contributed by atoms with Crippen molar-refractivity contribution in [1.29, 1.82) is 0 Å². The predicted molar refractivity (Wildman–Crippen MR) is 170 cm³/mol. The summed E-state index contributed by atoms with van der Waals surface area (Å²) in [5, 5.41) is 3.15. The smallest absolute Gasteiger partial charge is 0.416 e. The molecule has 1 aliphatic rings. The Morgan fingerprint density at radius 1 is 0.896 bits per heavy atom. The highest BCUT2D eigenvalue weighted by Gasteiger charge is 2.38. The fourth-order valence-electron chi connectivity index (χ4n) is 5.63. The van der Waals surface area contributed by atoms with Gasteiger partial charge >= 0.3 is 6.18 Å². The SMILES string of the molecule is O=C(NCC(C(=O)NCCC(C(=O)c1nc2ccccc2o1)c1ccccc1)S(=O)(=O)Cc1ccccc1C(F)(F)F)C1CCOCC1. The third-order valence-corrected chi connectivity index (χ3v) is 10.2. The number of alkyl halides is 3. The number of benzene rings is 3. The van der Waals surface area contributed by atoms with Crippen molar-refractivity contribution in [3.8, 4) is 0 Å². The Labute approximate surface area is 275 Å². The van der Waals surface area contributed by atoms with E-state index in [-0.39, 0.29) is 18.9 Å². The molecule has 5 rings (SSSR count). The van der Waals surface area contributed by atoms with Crippen LogP contribution in [-0.4, -0.2) is 62.6 Å². The van der Waals surface area contributed by atoms with Crippen molar-refractivity contribution in [1.82, 2.24) is 15.6 Å². The van der Waals surface area contributed by atoms with Crippen molar-refractivity contribution >= 4 is 38.5 Å². The van der Waals surface area contributed by atoms with Crippen LogP contribution in [0.5, 0.6) is 0 Å². The first kappa shape index (κ1) is 34.8. The maximum Gasteiger partial charge on any atom is 0.416 e. The zero-order valence-electron chi connectivity index (χ0n) is 25.7. The summed E-state index contributed by atoms with van der Waals surface area (Å²) < 4.78 is 79.3. The van der Waals surface area contributed by atoms with Gasteiger partial charge in [-0.3, -0.25) is 14.4 Å². The molecule has 254 valence electrons. The summed E-state index contributed by atoms with van der Waals surface area (Å²) in [6.45, 7) is -0.134. The first-order valence-electron chi connectivity index (χ1n) is 15.4. The summed E-state index contributed by atoms with van der Waals surface area (Å²) >= 11 is 0. The van der Waals surface area contributed by atoms with Crippen LogP contribution in [0.2, 0.25) is 0 Å². The fourth-order valence-corrected chi connectivity index (χ4v) is 7.27. The van der Waals surface area contributed by atoms with Crippen LogP contribution in [0.25, 0.3) is 11.1 Å². The number of rotatable bonds is 13. The average molecular weight is 686 g/mol. The Morgan fingerprint density at radius 3 is 2.27 bits per heavy atom. The number of sulfone groups is 1. The predicted octanol–water partition coefficient (Wildman–Crippen LogP) is 4.85.